The monoisotopic (exact) mass is 271 g/mol. The highest BCUT2D eigenvalue weighted by Gasteiger charge is 2.18. The normalized spacial score (nSPS) is 15.9. The van der Waals surface area contributed by atoms with E-state index in [-0.39, 0.29) is 0 Å². The third-order valence-electron chi connectivity index (χ3n) is 2.54. The summed E-state index contributed by atoms with van der Waals surface area (Å²) in [6, 6.07) is 3.95. The fourth-order valence-electron chi connectivity index (χ4n) is 1.79. The van der Waals surface area contributed by atoms with Gasteiger partial charge in [-0.15, -0.1) is 0 Å². The summed E-state index contributed by atoms with van der Waals surface area (Å²) >= 11 is 3.46. The second-order valence-corrected chi connectivity index (χ2v) is 4.52. The van der Waals surface area contributed by atoms with E-state index in [4.69, 9.17) is 4.74 Å². The lowest BCUT2D eigenvalue weighted by atomic mass is 10.0. The number of rotatable bonds is 3. The van der Waals surface area contributed by atoms with Gasteiger partial charge in [0.05, 0.1) is 17.2 Å². The van der Waals surface area contributed by atoms with Crippen molar-refractivity contribution in [2.24, 2.45) is 0 Å². The van der Waals surface area contributed by atoms with E-state index in [9.17, 15) is 5.11 Å². The van der Waals surface area contributed by atoms with Gasteiger partial charge in [-0.3, -0.25) is 0 Å². The highest BCUT2D eigenvalue weighted by Crippen LogP contribution is 2.36. The van der Waals surface area contributed by atoms with E-state index in [1.54, 1.807) is 0 Å². The quantitative estimate of drug-likeness (QED) is 0.879. The van der Waals surface area contributed by atoms with E-state index in [1.165, 1.54) is 5.56 Å². The molecule has 0 aliphatic carbocycles. The number of hydrogen-bond acceptors (Lipinski definition) is 3. The third-order valence-corrected chi connectivity index (χ3v) is 3.13. The van der Waals surface area contributed by atoms with Gasteiger partial charge in [-0.2, -0.15) is 0 Å². The number of ether oxygens (including phenoxy) is 1. The zero-order valence-electron chi connectivity index (χ0n) is 8.59. The zero-order chi connectivity index (χ0) is 10.8. The highest BCUT2D eigenvalue weighted by atomic mass is 79.9. The molecule has 1 aromatic rings. The van der Waals surface area contributed by atoms with Crippen LogP contribution in [0.1, 0.15) is 17.2 Å². The van der Waals surface area contributed by atoms with E-state index in [0.29, 0.717) is 6.54 Å². The van der Waals surface area contributed by atoms with Gasteiger partial charge in [0.25, 0.3) is 0 Å². The Bertz CT molecular complexity index is 368. The van der Waals surface area contributed by atoms with Crippen molar-refractivity contribution in [2.75, 3.05) is 20.2 Å². The molecule has 1 unspecified atom stereocenters. The number of benzene rings is 1. The van der Waals surface area contributed by atoms with E-state index in [2.05, 4.69) is 21.2 Å². The molecule has 0 spiro atoms. The molecule has 0 radical (unpaired) electrons. The number of aliphatic hydroxyl groups excluding tert-OH is 1. The number of halogens is 1. The minimum Gasteiger partial charge on any atom is -0.492 e. The van der Waals surface area contributed by atoms with E-state index in [0.717, 1.165) is 28.8 Å². The Balaban J connectivity index is 2.30. The minimum atomic E-state index is -0.461. The second kappa shape index (κ2) is 4.51. The zero-order valence-corrected chi connectivity index (χ0v) is 10.2. The topological polar surface area (TPSA) is 41.5 Å². The van der Waals surface area contributed by atoms with Crippen LogP contribution in [0.15, 0.2) is 16.6 Å². The van der Waals surface area contributed by atoms with Gasteiger partial charge in [0, 0.05) is 13.0 Å². The van der Waals surface area contributed by atoms with Crippen LogP contribution in [0.3, 0.4) is 0 Å². The summed E-state index contributed by atoms with van der Waals surface area (Å²) < 4.78 is 6.41. The van der Waals surface area contributed by atoms with Crippen molar-refractivity contribution in [1.82, 2.24) is 5.32 Å². The molecule has 0 saturated carbocycles. The summed E-state index contributed by atoms with van der Waals surface area (Å²) in [4.78, 5) is 0. The van der Waals surface area contributed by atoms with Gasteiger partial charge in [-0.25, -0.2) is 0 Å². The molecule has 0 aromatic heterocycles. The predicted molar refractivity (Wildman–Crippen MR) is 62.2 cm³/mol. The summed E-state index contributed by atoms with van der Waals surface area (Å²) in [6.07, 6.45) is 0.464. The molecular weight excluding hydrogens is 258 g/mol. The first kappa shape index (κ1) is 10.9. The lowest BCUT2D eigenvalue weighted by Crippen LogP contribution is -2.16. The minimum absolute atomic E-state index is 0.461. The maximum absolute atomic E-state index is 9.85. The van der Waals surface area contributed by atoms with Crippen molar-refractivity contribution in [3.05, 3.63) is 27.7 Å². The maximum atomic E-state index is 9.85. The molecule has 1 atom stereocenters. The molecule has 0 amide bonds. The molecule has 82 valence electrons. The molecule has 0 fully saturated rings. The molecule has 1 heterocycles. The Morgan fingerprint density at radius 1 is 1.60 bits per heavy atom. The molecule has 0 bridgehead atoms. The van der Waals surface area contributed by atoms with Crippen LogP contribution < -0.4 is 10.1 Å². The molecule has 3 nitrogen and oxygen atoms in total. The fraction of sp³-hybridized carbons (Fsp3) is 0.455. The van der Waals surface area contributed by atoms with Crippen LogP contribution in [0.4, 0.5) is 0 Å². The standard InChI is InChI=1S/C11H14BrNO2/c1-13-6-10(14)8-4-7-2-3-15-11(7)9(12)5-8/h4-5,10,13-14H,2-3,6H2,1H3. The van der Waals surface area contributed by atoms with Crippen molar-refractivity contribution >= 4 is 15.9 Å². The Kier molecular flexibility index (Phi) is 3.29. The van der Waals surface area contributed by atoms with Crippen LogP contribution in [-0.4, -0.2) is 25.3 Å². The van der Waals surface area contributed by atoms with Crippen LogP contribution in [0, 0.1) is 0 Å². The molecular formula is C11H14BrNO2. The molecule has 1 aromatic carbocycles. The van der Waals surface area contributed by atoms with Crippen LogP contribution in [-0.2, 0) is 6.42 Å². The van der Waals surface area contributed by atoms with Crippen molar-refractivity contribution in [3.63, 3.8) is 0 Å². The molecule has 2 N–H and O–H groups in total. The predicted octanol–water partition coefficient (Wildman–Crippen LogP) is 1.64. The number of nitrogens with one attached hydrogen (secondary N) is 1. The first-order valence-electron chi connectivity index (χ1n) is 5.00. The lowest BCUT2D eigenvalue weighted by Gasteiger charge is -2.12. The summed E-state index contributed by atoms with van der Waals surface area (Å²) in [5.41, 5.74) is 2.11. The van der Waals surface area contributed by atoms with Crippen molar-refractivity contribution < 1.29 is 9.84 Å². The summed E-state index contributed by atoms with van der Waals surface area (Å²) in [6.45, 7) is 1.30. The van der Waals surface area contributed by atoms with Crippen LogP contribution >= 0.6 is 15.9 Å². The van der Waals surface area contributed by atoms with Crippen molar-refractivity contribution in [3.8, 4) is 5.75 Å². The Hall–Kier alpha value is -0.580. The van der Waals surface area contributed by atoms with Gasteiger partial charge in [0.2, 0.25) is 0 Å². The van der Waals surface area contributed by atoms with Gasteiger partial charge >= 0.3 is 0 Å². The van der Waals surface area contributed by atoms with E-state index >= 15 is 0 Å². The van der Waals surface area contributed by atoms with Gasteiger partial charge in [-0.1, -0.05) is 0 Å². The average Bonchev–Trinajstić information content (AvgIpc) is 2.66. The highest BCUT2D eigenvalue weighted by molar-refractivity contribution is 9.10. The Labute approximate surface area is 97.6 Å². The van der Waals surface area contributed by atoms with Gasteiger partial charge in [0.1, 0.15) is 5.75 Å². The fourth-order valence-corrected chi connectivity index (χ4v) is 2.42. The van der Waals surface area contributed by atoms with E-state index in [1.807, 2.05) is 19.2 Å². The molecule has 1 aliphatic heterocycles. The summed E-state index contributed by atoms with van der Waals surface area (Å²) in [5, 5.41) is 12.8. The second-order valence-electron chi connectivity index (χ2n) is 3.66. The van der Waals surface area contributed by atoms with Crippen molar-refractivity contribution in [2.45, 2.75) is 12.5 Å². The van der Waals surface area contributed by atoms with Crippen LogP contribution in [0.25, 0.3) is 0 Å². The maximum Gasteiger partial charge on any atom is 0.136 e. The van der Waals surface area contributed by atoms with Crippen LogP contribution in [0.2, 0.25) is 0 Å². The smallest absolute Gasteiger partial charge is 0.136 e. The number of likely N-dealkylation sites (N-methyl/N-ethyl adjacent to an activating group) is 1. The number of aliphatic hydroxyl groups is 1. The van der Waals surface area contributed by atoms with Crippen LogP contribution in [0.5, 0.6) is 5.75 Å². The summed E-state index contributed by atoms with van der Waals surface area (Å²) in [7, 11) is 1.83. The van der Waals surface area contributed by atoms with Gasteiger partial charge in [-0.05, 0) is 46.2 Å². The molecule has 15 heavy (non-hydrogen) atoms. The largest absolute Gasteiger partial charge is 0.492 e. The first-order chi connectivity index (χ1) is 7.22. The molecule has 0 saturated heterocycles. The molecule has 4 heteroatoms. The average molecular weight is 272 g/mol. The lowest BCUT2D eigenvalue weighted by molar-refractivity contribution is 0.177. The Morgan fingerprint density at radius 2 is 2.40 bits per heavy atom. The number of fused-ring (bicyclic) bond motifs is 1. The SMILES string of the molecule is CNCC(O)c1cc(Br)c2c(c1)CCO2. The summed E-state index contributed by atoms with van der Waals surface area (Å²) in [5.74, 6) is 0.926. The number of hydrogen-bond donors (Lipinski definition) is 2. The molecule has 1 aliphatic rings. The third kappa shape index (κ3) is 2.17. The van der Waals surface area contributed by atoms with Crippen molar-refractivity contribution in [1.29, 1.82) is 0 Å². The Morgan fingerprint density at radius 3 is 3.13 bits per heavy atom. The van der Waals surface area contributed by atoms with Gasteiger partial charge < -0.3 is 15.2 Å². The van der Waals surface area contributed by atoms with E-state index < -0.39 is 6.10 Å². The molecule has 2 rings (SSSR count). The van der Waals surface area contributed by atoms with Gasteiger partial charge in [0.15, 0.2) is 0 Å². The first-order valence-corrected chi connectivity index (χ1v) is 5.79.